The Morgan fingerprint density at radius 1 is 1.20 bits per heavy atom. The molecule has 5 rings (SSSR count). The molecule has 0 unspecified atom stereocenters. The lowest BCUT2D eigenvalue weighted by Crippen LogP contribution is -2.58. The van der Waals surface area contributed by atoms with Gasteiger partial charge in [-0.3, -0.25) is 4.79 Å². The van der Waals surface area contributed by atoms with Gasteiger partial charge in [0.2, 0.25) is 0 Å². The zero-order chi connectivity index (χ0) is 27.2. The predicted octanol–water partition coefficient (Wildman–Crippen LogP) is 5.34. The van der Waals surface area contributed by atoms with Crippen LogP contribution in [-0.2, 0) is 15.9 Å². The third-order valence-electron chi connectivity index (χ3n) is 8.54. The van der Waals surface area contributed by atoms with Crippen LogP contribution in [0, 0.1) is 23.7 Å². The number of carboxylic acid groups (broad SMARTS) is 1. The van der Waals surface area contributed by atoms with Crippen molar-refractivity contribution in [1.82, 2.24) is 9.97 Å². The third-order valence-corrected chi connectivity index (χ3v) is 8.54. The molecular formula is C30H43N3O7. The van der Waals surface area contributed by atoms with E-state index in [0.29, 0.717) is 34.8 Å². The second kappa shape index (κ2) is 12.1. The molecule has 0 radical (unpaired) electrons. The molecule has 2 aromatic heterocycles. The number of H-pyrrole nitrogens is 1. The molecule has 3 aromatic rings. The van der Waals surface area contributed by atoms with Gasteiger partial charge in [0.25, 0.3) is 0 Å². The van der Waals surface area contributed by atoms with Crippen LogP contribution in [0.15, 0.2) is 34.9 Å². The molecule has 10 heteroatoms. The van der Waals surface area contributed by atoms with E-state index in [-0.39, 0.29) is 60.1 Å². The fourth-order valence-electron chi connectivity index (χ4n) is 6.27. The number of nitrogens with zero attached hydrogens (tertiary/aromatic N) is 1. The molecule has 0 saturated carbocycles. The van der Waals surface area contributed by atoms with Gasteiger partial charge in [-0.2, -0.15) is 0 Å². The first-order valence-corrected chi connectivity index (χ1v) is 13.5. The van der Waals surface area contributed by atoms with Crippen LogP contribution >= 0.6 is 0 Å². The molecule has 7 atom stereocenters. The Morgan fingerprint density at radius 3 is 2.60 bits per heavy atom. The van der Waals surface area contributed by atoms with Crippen LogP contribution in [0.1, 0.15) is 81.1 Å². The van der Waals surface area contributed by atoms with Gasteiger partial charge in [-0.25, -0.2) is 9.78 Å². The van der Waals surface area contributed by atoms with Crippen LogP contribution in [-0.4, -0.2) is 57.3 Å². The average molecular weight is 558 g/mol. The number of rotatable bonds is 7. The minimum Gasteiger partial charge on any atom is -0.478 e. The van der Waals surface area contributed by atoms with Crippen molar-refractivity contribution in [3.63, 3.8) is 0 Å². The minimum atomic E-state index is -1.06. The second-order valence-corrected chi connectivity index (χ2v) is 11.1. The van der Waals surface area contributed by atoms with Gasteiger partial charge in [-0.15, -0.1) is 0 Å². The normalized spacial score (nSPS) is 28.9. The molecule has 2 fully saturated rings. The van der Waals surface area contributed by atoms with E-state index in [1.165, 1.54) is 0 Å². The van der Waals surface area contributed by atoms with E-state index in [0.717, 1.165) is 19.3 Å². The maximum absolute atomic E-state index is 13.1. The Balaban J connectivity index is 0.00000220. The number of ketones is 1. The van der Waals surface area contributed by atoms with Gasteiger partial charge in [0.1, 0.15) is 11.1 Å². The maximum atomic E-state index is 13.1. The van der Waals surface area contributed by atoms with Gasteiger partial charge in [-0.05, 0) is 48.9 Å². The number of benzene rings is 1. The lowest BCUT2D eigenvalue weighted by molar-refractivity contribution is -0.355. The first-order chi connectivity index (χ1) is 18.1. The molecule has 4 heterocycles. The first kappa shape index (κ1) is 31.3. The number of aromatic nitrogens is 2. The number of carbonyl (C=O) groups is 2. The largest absolute Gasteiger partial charge is 0.478 e. The summed E-state index contributed by atoms with van der Waals surface area (Å²) in [6.45, 7) is 8.39. The molecule has 2 aliphatic heterocycles. The van der Waals surface area contributed by atoms with Gasteiger partial charge in [0.05, 0.1) is 30.0 Å². The molecule has 0 bridgehead atoms. The molecule has 2 aliphatic rings. The number of carboxylic acids is 1. The van der Waals surface area contributed by atoms with E-state index >= 15 is 0 Å². The summed E-state index contributed by atoms with van der Waals surface area (Å²) in [6.07, 6.45) is 4.22. The van der Waals surface area contributed by atoms with Gasteiger partial charge in [-0.1, -0.05) is 35.1 Å². The molecule has 220 valence electrons. The molecule has 40 heavy (non-hydrogen) atoms. The Labute approximate surface area is 235 Å². The van der Waals surface area contributed by atoms with E-state index in [2.05, 4.69) is 36.1 Å². The monoisotopic (exact) mass is 557 g/mol. The fourth-order valence-corrected chi connectivity index (χ4v) is 6.27. The van der Waals surface area contributed by atoms with Crippen molar-refractivity contribution in [3.8, 4) is 0 Å². The summed E-state index contributed by atoms with van der Waals surface area (Å²) in [5, 5.41) is 12.7. The van der Waals surface area contributed by atoms with Crippen molar-refractivity contribution in [3.05, 3.63) is 47.6 Å². The number of aromatic amines is 1. The zero-order valence-electron chi connectivity index (χ0n) is 23.1. The van der Waals surface area contributed by atoms with Crippen LogP contribution in [0.25, 0.3) is 11.1 Å². The highest BCUT2D eigenvalue weighted by Crippen LogP contribution is 2.48. The summed E-state index contributed by atoms with van der Waals surface area (Å²) in [5.41, 5.74) is 1.93. The van der Waals surface area contributed by atoms with E-state index < -0.39 is 11.8 Å². The lowest BCUT2D eigenvalue weighted by atomic mass is 9.75. The number of aromatic carboxylic acids is 1. The number of carbonyl (C=O) groups excluding carboxylic acids is 1. The molecule has 0 amide bonds. The Hall–Kier alpha value is -3.21. The molecule has 5 N–H and O–H groups in total. The van der Waals surface area contributed by atoms with Crippen molar-refractivity contribution in [2.75, 3.05) is 12.4 Å². The Morgan fingerprint density at radius 2 is 1.95 bits per heavy atom. The summed E-state index contributed by atoms with van der Waals surface area (Å²) in [7, 11) is 1.68. The summed E-state index contributed by atoms with van der Waals surface area (Å²) in [4.78, 5) is 32.7. The van der Waals surface area contributed by atoms with Gasteiger partial charge in [0, 0.05) is 31.5 Å². The number of fused-ring (bicyclic) bond motifs is 1. The summed E-state index contributed by atoms with van der Waals surface area (Å²) >= 11 is 0. The molecule has 10 nitrogen and oxygen atoms in total. The van der Waals surface area contributed by atoms with E-state index in [4.69, 9.17) is 13.9 Å². The molecule has 1 aromatic carbocycles. The standard InChI is InChI=1S/C29H37N3O6.CH4.H2O/c1-15-10-11-29(17(3)13-16(2)27(38-29)18(4)26(33)20-7-6-12-31-20)37-22(15)14-23-32-25-21(36-23)9-8-19(30-5)24(25)28(34)35;;/h6-9,12,15-18,22,27,30-31H,10-11,13-14H2,1-5H3,(H,34,35);1H4;1H2/t15-,16-,17-,18-,22-,27+,29+;;/m1../s1. The second-order valence-electron chi connectivity index (χ2n) is 11.1. The van der Waals surface area contributed by atoms with Crippen molar-refractivity contribution < 1.29 is 34.1 Å². The van der Waals surface area contributed by atoms with E-state index in [1.807, 2.05) is 13.0 Å². The number of anilines is 1. The highest BCUT2D eigenvalue weighted by molar-refractivity contribution is 6.06. The molecule has 2 saturated heterocycles. The van der Waals surface area contributed by atoms with Crippen molar-refractivity contribution in [2.45, 2.75) is 78.8 Å². The van der Waals surface area contributed by atoms with Crippen LogP contribution < -0.4 is 5.32 Å². The minimum absolute atomic E-state index is 0. The van der Waals surface area contributed by atoms with Crippen LogP contribution in [0.3, 0.4) is 0 Å². The average Bonchev–Trinajstić information content (AvgIpc) is 3.57. The smallest absolute Gasteiger partial charge is 0.340 e. The van der Waals surface area contributed by atoms with E-state index in [9.17, 15) is 14.7 Å². The number of ether oxygens (including phenoxy) is 2. The number of hydrogen-bond donors (Lipinski definition) is 3. The van der Waals surface area contributed by atoms with Crippen molar-refractivity contribution >= 4 is 28.5 Å². The SMILES string of the molecule is C.CNc1ccc2oc(C[C@H]3O[C@@]4(CC[C@H]3C)O[C@H]([C@H](C)C(=O)c3ccc[nH]3)[C@H](C)C[C@H]4C)nc2c1C(=O)O.O. The molecular weight excluding hydrogens is 514 g/mol. The zero-order valence-corrected chi connectivity index (χ0v) is 23.1. The maximum Gasteiger partial charge on any atom is 0.340 e. The molecule has 1 spiro atoms. The summed E-state index contributed by atoms with van der Waals surface area (Å²) in [5.74, 6) is -1.11. The van der Waals surface area contributed by atoms with Crippen LogP contribution in [0.2, 0.25) is 0 Å². The Kier molecular flexibility index (Phi) is 9.49. The quantitative estimate of drug-likeness (QED) is 0.328. The van der Waals surface area contributed by atoms with Gasteiger partial charge >= 0.3 is 5.97 Å². The predicted molar refractivity (Wildman–Crippen MR) is 153 cm³/mol. The first-order valence-electron chi connectivity index (χ1n) is 13.5. The van der Waals surface area contributed by atoms with Crippen molar-refractivity contribution in [2.24, 2.45) is 23.7 Å². The number of oxazole rings is 1. The lowest BCUT2D eigenvalue weighted by Gasteiger charge is -2.53. The van der Waals surface area contributed by atoms with Crippen LogP contribution in [0.4, 0.5) is 5.69 Å². The third kappa shape index (κ3) is 5.53. The van der Waals surface area contributed by atoms with Crippen LogP contribution in [0.5, 0.6) is 0 Å². The molecule has 0 aliphatic carbocycles. The summed E-state index contributed by atoms with van der Waals surface area (Å²) < 4.78 is 19.6. The van der Waals surface area contributed by atoms with E-state index in [1.54, 1.807) is 31.4 Å². The Bertz CT molecular complexity index is 1320. The van der Waals surface area contributed by atoms with Gasteiger partial charge in [0.15, 0.2) is 23.0 Å². The number of hydrogen-bond acceptors (Lipinski definition) is 7. The fraction of sp³-hybridized carbons (Fsp3) is 0.567. The van der Waals surface area contributed by atoms with Crippen molar-refractivity contribution in [1.29, 1.82) is 0 Å². The highest BCUT2D eigenvalue weighted by Gasteiger charge is 2.52. The number of Topliss-reactive ketones (excluding diaryl/α,β-unsaturated/α-hetero) is 1. The topological polar surface area (TPSA) is 158 Å². The van der Waals surface area contributed by atoms with Gasteiger partial charge < -0.3 is 34.8 Å². The summed E-state index contributed by atoms with van der Waals surface area (Å²) in [6, 6.07) is 7.05. The highest BCUT2D eigenvalue weighted by atomic mass is 16.7. The number of nitrogens with one attached hydrogen (secondary N) is 2.